The van der Waals surface area contributed by atoms with E-state index in [0.29, 0.717) is 28.0 Å². The van der Waals surface area contributed by atoms with Crippen LogP contribution in [0.15, 0.2) is 48.9 Å². The third-order valence-corrected chi connectivity index (χ3v) is 11.6. The largest absolute Gasteiger partial charge is 0.519 e. The Labute approximate surface area is 246 Å². The second-order valence-electron chi connectivity index (χ2n) is 10.1. The first kappa shape index (κ1) is 31.0. The third kappa shape index (κ3) is 6.16. The molecule has 2 aromatic heterocycles. The first-order valence-corrected chi connectivity index (χ1v) is 15.7. The number of allylic oxidation sites excluding steroid dienone is 3. The van der Waals surface area contributed by atoms with Gasteiger partial charge in [-0.3, -0.25) is 18.7 Å². The number of aliphatic hydroxyl groups is 2. The third-order valence-electron chi connectivity index (χ3n) is 7.19. The zero-order chi connectivity index (χ0) is 30.1. The maximum Gasteiger partial charge on any atom is 0.519 e. The van der Waals surface area contributed by atoms with Crippen LogP contribution in [0.2, 0.25) is 0 Å². The molecule has 0 unspecified atom stereocenters. The van der Waals surface area contributed by atoms with Gasteiger partial charge in [-0.15, -0.1) is 11.3 Å². The van der Waals surface area contributed by atoms with E-state index in [0.717, 1.165) is 4.31 Å². The Balaban J connectivity index is 1.74. The first-order valence-electron chi connectivity index (χ1n) is 12.7. The number of nitrogens with zero attached hydrogens (tertiary/aromatic N) is 2. The zero-order valence-electron chi connectivity index (χ0n) is 22.8. The summed E-state index contributed by atoms with van der Waals surface area (Å²) in [7, 11) is -2.19. The number of thiazole rings is 1. The Morgan fingerprint density at radius 3 is 2.66 bits per heavy atom. The Bertz CT molecular complexity index is 1530. The second-order valence-corrected chi connectivity index (χ2v) is 13.6. The molecule has 4 bridgehead atoms. The lowest BCUT2D eigenvalue weighted by molar-refractivity contribution is -0.132. The molecular weight excluding hydrogens is 593 g/mol. The van der Waals surface area contributed by atoms with Crippen molar-refractivity contribution in [2.75, 3.05) is 0 Å². The molecular formula is C27H30N2O9S3. The van der Waals surface area contributed by atoms with Crippen molar-refractivity contribution in [1.29, 1.82) is 0 Å². The standard InChI is InChI=1S/C27H30N2O9S3/c1-15-9-10-27(26(4,35)24(33)40-14-21-17(3)37-25(34)38-21)12-22(32)29(41(27)36)16(2)23-28-18(13-39-23)7-5-6-8-19(30)20(31)11-15/h5-8,11,13,16,20,31,35H,9-10,12,14H2,1-4H3/b7-5-,8-6-,15-11-/t16-,20-,26+,27-,41+/m1/s1. The molecule has 5 atom stereocenters. The summed E-state index contributed by atoms with van der Waals surface area (Å²) in [6, 6.07) is -0.718. The van der Waals surface area contributed by atoms with Crippen LogP contribution in [-0.4, -0.2) is 57.0 Å². The van der Waals surface area contributed by atoms with Crippen molar-refractivity contribution in [3.8, 4) is 0 Å². The van der Waals surface area contributed by atoms with E-state index in [1.807, 2.05) is 0 Å². The minimum Gasteiger partial charge on any atom is -0.396 e. The van der Waals surface area contributed by atoms with Gasteiger partial charge in [0.05, 0.1) is 23.9 Å². The highest BCUT2D eigenvalue weighted by atomic mass is 32.2. The molecule has 1 fully saturated rings. The van der Waals surface area contributed by atoms with Gasteiger partial charge in [-0.1, -0.05) is 29.5 Å². The van der Waals surface area contributed by atoms with Gasteiger partial charge in [0.1, 0.15) is 38.2 Å². The summed E-state index contributed by atoms with van der Waals surface area (Å²) >= 11 is 1.91. The van der Waals surface area contributed by atoms with E-state index >= 15 is 0 Å². The van der Waals surface area contributed by atoms with E-state index in [9.17, 15) is 33.6 Å². The maximum absolute atomic E-state index is 14.3. The van der Waals surface area contributed by atoms with E-state index < -0.39 is 62.5 Å². The number of rotatable bonds is 4. The van der Waals surface area contributed by atoms with Crippen molar-refractivity contribution in [1.82, 2.24) is 9.29 Å². The lowest BCUT2D eigenvalue weighted by Crippen LogP contribution is -2.58. The highest BCUT2D eigenvalue weighted by molar-refractivity contribution is 8.13. The Morgan fingerprint density at radius 2 is 1.98 bits per heavy atom. The van der Waals surface area contributed by atoms with Crippen LogP contribution in [0.4, 0.5) is 0 Å². The van der Waals surface area contributed by atoms with E-state index in [-0.39, 0.29) is 30.1 Å². The molecule has 2 N–H and O–H groups in total. The number of ketones is 1. The van der Waals surface area contributed by atoms with Gasteiger partial charge < -0.3 is 19.0 Å². The molecule has 1 saturated heterocycles. The predicted molar refractivity (Wildman–Crippen MR) is 154 cm³/mol. The molecule has 0 aromatic carbocycles. The van der Waals surface area contributed by atoms with Crippen LogP contribution in [0.1, 0.15) is 68.3 Å². The average Bonchev–Trinajstić information content (AvgIpc) is 3.58. The molecule has 11 nitrogen and oxygen atoms in total. The molecule has 0 saturated carbocycles. The number of fused-ring (bicyclic) bond motifs is 4. The molecule has 0 spiro atoms. The van der Waals surface area contributed by atoms with Gasteiger partial charge >= 0.3 is 5.82 Å². The second kappa shape index (κ2) is 12.1. The summed E-state index contributed by atoms with van der Waals surface area (Å²) in [5, 5.41) is 23.7. The van der Waals surface area contributed by atoms with Crippen LogP contribution < -0.4 is 5.82 Å². The van der Waals surface area contributed by atoms with Crippen LogP contribution in [0.25, 0.3) is 6.08 Å². The number of aromatic nitrogens is 1. The molecule has 4 heterocycles. The van der Waals surface area contributed by atoms with Crippen LogP contribution in [0.3, 0.4) is 0 Å². The fourth-order valence-corrected chi connectivity index (χ4v) is 8.59. The fraction of sp³-hybridized carbons (Fsp3) is 0.444. The first-order chi connectivity index (χ1) is 19.3. The van der Waals surface area contributed by atoms with Crippen molar-refractivity contribution < 1.29 is 37.6 Å². The average molecular weight is 623 g/mol. The molecule has 0 aliphatic carbocycles. The van der Waals surface area contributed by atoms with Gasteiger partial charge in [0.15, 0.2) is 11.5 Å². The Kier molecular flexibility index (Phi) is 9.19. The predicted octanol–water partition coefficient (Wildman–Crippen LogP) is 3.14. The topological polar surface area (TPSA) is 168 Å². The van der Waals surface area contributed by atoms with E-state index in [1.54, 1.807) is 31.4 Å². The number of carbonyl (C=O) groups is 3. The van der Waals surface area contributed by atoms with Crippen molar-refractivity contribution in [2.45, 2.75) is 75.2 Å². The van der Waals surface area contributed by atoms with Gasteiger partial charge in [0.25, 0.3) is 0 Å². The van der Waals surface area contributed by atoms with Crippen LogP contribution in [0.5, 0.6) is 0 Å². The molecule has 2 aliphatic heterocycles. The molecule has 41 heavy (non-hydrogen) atoms. The molecule has 1 amide bonds. The summed E-state index contributed by atoms with van der Waals surface area (Å²) in [4.78, 5) is 55.3. The number of carbonyl (C=O) groups excluding carboxylic acids is 3. The van der Waals surface area contributed by atoms with Crippen molar-refractivity contribution in [3.63, 3.8) is 0 Å². The summed E-state index contributed by atoms with van der Waals surface area (Å²) < 4.78 is 23.5. The monoisotopic (exact) mass is 622 g/mol. The van der Waals surface area contributed by atoms with Gasteiger partial charge in [0, 0.05) is 5.38 Å². The number of hydrogen-bond donors (Lipinski definition) is 2. The Hall–Kier alpha value is -2.91. The molecule has 2 aliphatic rings. The molecule has 220 valence electrons. The van der Waals surface area contributed by atoms with Crippen molar-refractivity contribution in [3.05, 3.63) is 68.1 Å². The smallest absolute Gasteiger partial charge is 0.396 e. The lowest BCUT2D eigenvalue weighted by Gasteiger charge is -2.39. The number of hydrogen-bond acceptors (Lipinski definition) is 12. The summed E-state index contributed by atoms with van der Waals surface area (Å²) in [6.45, 7) is 6.08. The van der Waals surface area contributed by atoms with Gasteiger partial charge in [0.2, 0.25) is 11.0 Å². The van der Waals surface area contributed by atoms with E-state index in [4.69, 9.17) is 8.83 Å². The number of aryl methyl sites for hydroxylation is 1. The quantitative estimate of drug-likeness (QED) is 0.481. The summed E-state index contributed by atoms with van der Waals surface area (Å²) in [5.74, 6) is -1.80. The molecule has 0 radical (unpaired) electrons. The van der Waals surface area contributed by atoms with Crippen molar-refractivity contribution >= 4 is 57.0 Å². The fourth-order valence-electron chi connectivity index (χ4n) is 4.66. The van der Waals surface area contributed by atoms with Gasteiger partial charge in [-0.25, -0.2) is 14.0 Å². The molecule has 4 rings (SSSR count). The minimum absolute atomic E-state index is 0.0720. The van der Waals surface area contributed by atoms with Crippen LogP contribution >= 0.6 is 23.1 Å². The molecule has 2 aromatic rings. The van der Waals surface area contributed by atoms with Gasteiger partial charge in [-0.05, 0) is 58.8 Å². The van der Waals surface area contributed by atoms with Crippen molar-refractivity contribution in [2.24, 2.45) is 0 Å². The van der Waals surface area contributed by atoms with E-state index in [1.165, 1.54) is 43.4 Å². The van der Waals surface area contributed by atoms with Gasteiger partial charge in [-0.2, -0.15) is 0 Å². The van der Waals surface area contributed by atoms with E-state index in [2.05, 4.69) is 4.98 Å². The minimum atomic E-state index is -2.28. The SMILES string of the molecule is C/C1=C/[C@@H](O)C(=O)/C=C\C=C/c2csc(n2)[C@@H](C)N2C(=O)C[C@@]([C@@](C)(O)C(=O)SCc3oc(=O)oc3C)(CC1)[S@@]2=O. The summed E-state index contributed by atoms with van der Waals surface area (Å²) in [5.41, 5.74) is -1.18. The number of thioether (sulfide) groups is 1. The number of amides is 1. The highest BCUT2D eigenvalue weighted by Gasteiger charge is 2.64. The zero-order valence-corrected chi connectivity index (χ0v) is 25.3. The highest BCUT2D eigenvalue weighted by Crippen LogP contribution is 2.48. The number of aliphatic hydroxyl groups excluding tert-OH is 1. The Morgan fingerprint density at radius 1 is 1.27 bits per heavy atom. The molecule has 14 heteroatoms. The van der Waals surface area contributed by atoms with Crippen LogP contribution in [0, 0.1) is 6.92 Å². The van der Waals surface area contributed by atoms with Crippen LogP contribution in [-0.2, 0) is 31.1 Å². The summed E-state index contributed by atoms with van der Waals surface area (Å²) in [6.07, 6.45) is 5.57. The maximum atomic E-state index is 14.3. The lowest BCUT2D eigenvalue weighted by atomic mass is 9.81. The normalized spacial score (nSPS) is 29.9.